The number of hydrogen-bond donors (Lipinski definition) is 1. The number of carboxylic acids is 1. The van der Waals surface area contributed by atoms with Crippen LogP contribution in [0.15, 0.2) is 17.5 Å². The molecular formula is C16H18N2O3S2. The second kappa shape index (κ2) is 6.41. The van der Waals surface area contributed by atoms with Crippen molar-refractivity contribution >= 4 is 34.6 Å². The number of nitrogens with zero attached hydrogens (tertiary/aromatic N) is 2. The number of aryl methyl sites for hydroxylation is 1. The molecule has 1 saturated heterocycles. The summed E-state index contributed by atoms with van der Waals surface area (Å²) in [6.07, 6.45) is 1.35. The van der Waals surface area contributed by atoms with Crippen molar-refractivity contribution in [3.63, 3.8) is 0 Å². The molecule has 0 unspecified atom stereocenters. The Balaban J connectivity index is 1.87. The molecule has 1 aliphatic rings. The van der Waals surface area contributed by atoms with Gasteiger partial charge in [0.2, 0.25) is 0 Å². The highest BCUT2D eigenvalue weighted by Gasteiger charge is 2.36. The number of carboxylic acid groups (broad SMARTS) is 1. The minimum absolute atomic E-state index is 0.0961. The molecule has 3 rings (SSSR count). The van der Waals surface area contributed by atoms with E-state index in [-0.39, 0.29) is 11.9 Å². The number of rotatable bonds is 3. The number of hydrogen-bond acceptors (Lipinski definition) is 5. The fourth-order valence-corrected chi connectivity index (χ4v) is 4.81. The number of amides is 1. The van der Waals surface area contributed by atoms with Crippen LogP contribution in [-0.2, 0) is 4.79 Å². The van der Waals surface area contributed by atoms with Gasteiger partial charge < -0.3 is 10.0 Å². The molecule has 122 valence electrons. The molecule has 2 aromatic heterocycles. The number of likely N-dealkylation sites (tertiary alicyclic amines) is 1. The summed E-state index contributed by atoms with van der Waals surface area (Å²) in [6, 6.07) is 3.66. The van der Waals surface area contributed by atoms with Crippen LogP contribution < -0.4 is 0 Å². The predicted molar refractivity (Wildman–Crippen MR) is 91.0 cm³/mol. The predicted octanol–water partition coefficient (Wildman–Crippen LogP) is 3.51. The standard InChI is InChI=1S/C16H18N2O3S2/c1-9-13(23-14(17-9)12-6-4-8-22-12)15(19)18-7-3-5-11(10(18)2)16(20)21/h4,6,8,10-11H,3,5,7H2,1-2H3,(H,20,21)/t10-,11-/m1/s1. The van der Waals surface area contributed by atoms with Crippen LogP contribution >= 0.6 is 22.7 Å². The van der Waals surface area contributed by atoms with Crippen LogP contribution in [0.25, 0.3) is 9.88 Å². The summed E-state index contributed by atoms with van der Waals surface area (Å²) in [5.41, 5.74) is 0.716. The van der Waals surface area contributed by atoms with E-state index in [2.05, 4.69) is 4.98 Å². The van der Waals surface area contributed by atoms with Gasteiger partial charge in [-0.1, -0.05) is 6.07 Å². The summed E-state index contributed by atoms with van der Waals surface area (Å²) in [4.78, 5) is 32.1. The molecule has 0 bridgehead atoms. The van der Waals surface area contributed by atoms with Gasteiger partial charge in [0.15, 0.2) is 0 Å². The Bertz CT molecular complexity index is 724. The number of aromatic nitrogens is 1. The van der Waals surface area contributed by atoms with E-state index in [9.17, 15) is 14.7 Å². The number of thiazole rings is 1. The zero-order valence-corrected chi connectivity index (χ0v) is 14.6. The summed E-state index contributed by atoms with van der Waals surface area (Å²) in [7, 11) is 0. The largest absolute Gasteiger partial charge is 0.481 e. The number of thiophene rings is 1. The van der Waals surface area contributed by atoms with Crippen molar-refractivity contribution in [3.05, 3.63) is 28.1 Å². The van der Waals surface area contributed by atoms with Crippen molar-refractivity contribution in [1.29, 1.82) is 0 Å². The van der Waals surface area contributed by atoms with Gasteiger partial charge in [-0.25, -0.2) is 4.98 Å². The molecule has 1 N–H and O–H groups in total. The van der Waals surface area contributed by atoms with Gasteiger partial charge in [0.25, 0.3) is 5.91 Å². The minimum atomic E-state index is -0.824. The third kappa shape index (κ3) is 3.03. The summed E-state index contributed by atoms with van der Waals surface area (Å²) in [5, 5.41) is 12.1. The van der Waals surface area contributed by atoms with Gasteiger partial charge in [0.05, 0.1) is 16.5 Å². The second-order valence-corrected chi connectivity index (χ2v) is 7.68. The molecule has 0 aromatic carbocycles. The lowest BCUT2D eigenvalue weighted by Crippen LogP contribution is -2.49. The lowest BCUT2D eigenvalue weighted by atomic mass is 9.90. The molecule has 0 saturated carbocycles. The average Bonchev–Trinajstić information content (AvgIpc) is 3.15. The third-order valence-corrected chi connectivity index (χ3v) is 6.47. The van der Waals surface area contributed by atoms with Crippen LogP contribution in [0, 0.1) is 12.8 Å². The van der Waals surface area contributed by atoms with Crippen LogP contribution in [0.1, 0.15) is 35.1 Å². The summed E-state index contributed by atoms with van der Waals surface area (Å²) in [6.45, 7) is 4.27. The van der Waals surface area contributed by atoms with Gasteiger partial charge in [-0.3, -0.25) is 9.59 Å². The fourth-order valence-electron chi connectivity index (χ4n) is 2.99. The van der Waals surface area contributed by atoms with Crippen LogP contribution in [-0.4, -0.2) is 39.5 Å². The van der Waals surface area contributed by atoms with Gasteiger partial charge in [-0.2, -0.15) is 0 Å². The maximum Gasteiger partial charge on any atom is 0.308 e. The van der Waals surface area contributed by atoms with E-state index in [4.69, 9.17) is 0 Å². The van der Waals surface area contributed by atoms with Gasteiger partial charge in [-0.15, -0.1) is 22.7 Å². The topological polar surface area (TPSA) is 70.5 Å². The summed E-state index contributed by atoms with van der Waals surface area (Å²) in [5.74, 6) is -1.41. The monoisotopic (exact) mass is 350 g/mol. The second-order valence-electron chi connectivity index (χ2n) is 5.74. The van der Waals surface area contributed by atoms with Crippen LogP contribution in [0.3, 0.4) is 0 Å². The Kier molecular flexibility index (Phi) is 4.50. The number of carbonyl (C=O) groups excluding carboxylic acids is 1. The van der Waals surface area contributed by atoms with Crippen LogP contribution in [0.4, 0.5) is 0 Å². The molecule has 2 aromatic rings. The lowest BCUT2D eigenvalue weighted by molar-refractivity contribution is -0.144. The first-order valence-electron chi connectivity index (χ1n) is 7.54. The van der Waals surface area contributed by atoms with Crippen molar-refractivity contribution in [2.75, 3.05) is 6.54 Å². The number of piperidine rings is 1. The van der Waals surface area contributed by atoms with Crippen molar-refractivity contribution in [2.24, 2.45) is 5.92 Å². The molecule has 0 spiro atoms. The van der Waals surface area contributed by atoms with E-state index in [1.165, 1.54) is 11.3 Å². The quantitative estimate of drug-likeness (QED) is 0.920. The lowest BCUT2D eigenvalue weighted by Gasteiger charge is -2.37. The maximum atomic E-state index is 12.9. The molecule has 1 fully saturated rings. The van der Waals surface area contributed by atoms with Gasteiger partial charge >= 0.3 is 5.97 Å². The highest BCUT2D eigenvalue weighted by molar-refractivity contribution is 7.22. The molecule has 0 aliphatic carbocycles. The number of aliphatic carboxylic acids is 1. The summed E-state index contributed by atoms with van der Waals surface area (Å²) < 4.78 is 0. The van der Waals surface area contributed by atoms with E-state index in [1.54, 1.807) is 16.2 Å². The van der Waals surface area contributed by atoms with Gasteiger partial charge in [0, 0.05) is 12.6 Å². The first-order chi connectivity index (χ1) is 11.0. The van der Waals surface area contributed by atoms with E-state index in [1.807, 2.05) is 31.4 Å². The Morgan fingerprint density at radius 1 is 1.43 bits per heavy atom. The maximum absolute atomic E-state index is 12.9. The molecule has 0 radical (unpaired) electrons. The van der Waals surface area contributed by atoms with E-state index >= 15 is 0 Å². The van der Waals surface area contributed by atoms with Crippen molar-refractivity contribution in [3.8, 4) is 9.88 Å². The molecule has 5 nitrogen and oxygen atoms in total. The van der Waals surface area contributed by atoms with Crippen molar-refractivity contribution < 1.29 is 14.7 Å². The highest BCUT2D eigenvalue weighted by Crippen LogP contribution is 2.33. The van der Waals surface area contributed by atoms with E-state index in [0.29, 0.717) is 23.5 Å². The Morgan fingerprint density at radius 2 is 2.22 bits per heavy atom. The van der Waals surface area contributed by atoms with Gasteiger partial charge in [-0.05, 0) is 38.1 Å². The molecule has 7 heteroatoms. The fraction of sp³-hybridized carbons (Fsp3) is 0.438. The Morgan fingerprint density at radius 3 is 2.87 bits per heavy atom. The first kappa shape index (κ1) is 16.1. The Labute approximate surface area is 142 Å². The van der Waals surface area contributed by atoms with Crippen LogP contribution in [0.5, 0.6) is 0 Å². The van der Waals surface area contributed by atoms with E-state index in [0.717, 1.165) is 16.3 Å². The molecule has 23 heavy (non-hydrogen) atoms. The van der Waals surface area contributed by atoms with Gasteiger partial charge in [0.1, 0.15) is 9.88 Å². The summed E-state index contributed by atoms with van der Waals surface area (Å²) >= 11 is 2.99. The highest BCUT2D eigenvalue weighted by atomic mass is 32.1. The molecule has 3 heterocycles. The zero-order chi connectivity index (χ0) is 16.6. The molecule has 1 aliphatic heterocycles. The molecule has 1 amide bonds. The van der Waals surface area contributed by atoms with Crippen LogP contribution in [0.2, 0.25) is 0 Å². The number of carbonyl (C=O) groups is 2. The van der Waals surface area contributed by atoms with E-state index < -0.39 is 11.9 Å². The average molecular weight is 350 g/mol. The molecular weight excluding hydrogens is 332 g/mol. The smallest absolute Gasteiger partial charge is 0.308 e. The SMILES string of the molecule is Cc1nc(-c2cccs2)sc1C(=O)N1CCC[C@@H](C(=O)O)[C@H]1C. The third-order valence-electron chi connectivity index (χ3n) is 4.29. The van der Waals surface area contributed by atoms with Crippen molar-refractivity contribution in [1.82, 2.24) is 9.88 Å². The molecule has 2 atom stereocenters. The Hall–Kier alpha value is -1.73. The van der Waals surface area contributed by atoms with Crippen molar-refractivity contribution in [2.45, 2.75) is 32.7 Å². The normalized spacial score (nSPS) is 21.4. The minimum Gasteiger partial charge on any atom is -0.481 e. The first-order valence-corrected chi connectivity index (χ1v) is 9.23. The zero-order valence-electron chi connectivity index (χ0n) is 13.0.